The molecule has 1 aromatic rings. The summed E-state index contributed by atoms with van der Waals surface area (Å²) in [5, 5.41) is 12.1. The van der Waals surface area contributed by atoms with Gasteiger partial charge in [-0.15, -0.1) is 0 Å². The number of carboxylic acid groups (broad SMARTS) is 1. The van der Waals surface area contributed by atoms with Gasteiger partial charge < -0.3 is 5.11 Å². The van der Waals surface area contributed by atoms with Gasteiger partial charge in [-0.2, -0.15) is 5.10 Å². The summed E-state index contributed by atoms with van der Waals surface area (Å²) in [5.41, 5.74) is 0. The molecule has 0 bridgehead atoms. The van der Waals surface area contributed by atoms with Crippen molar-refractivity contribution in [1.29, 1.82) is 0 Å². The van der Waals surface area contributed by atoms with Crippen molar-refractivity contribution >= 4 is 21.9 Å². The fourth-order valence-corrected chi connectivity index (χ4v) is 0.896. The Morgan fingerprint density at radius 2 is 2.60 bits per heavy atom. The van der Waals surface area contributed by atoms with Crippen molar-refractivity contribution in [3.63, 3.8) is 0 Å². The minimum atomic E-state index is -0.899. The molecule has 54 valence electrons. The van der Waals surface area contributed by atoms with Crippen molar-refractivity contribution in [1.82, 2.24) is 9.78 Å². The van der Waals surface area contributed by atoms with E-state index in [0.717, 1.165) is 0 Å². The molecule has 0 aliphatic heterocycles. The topological polar surface area (TPSA) is 55.1 Å². The summed E-state index contributed by atoms with van der Waals surface area (Å²) in [7, 11) is 0. The van der Waals surface area contributed by atoms with Crippen LogP contribution in [0.3, 0.4) is 0 Å². The van der Waals surface area contributed by atoms with Crippen LogP contribution in [0, 0.1) is 0 Å². The number of halogens is 1. The third-order valence-corrected chi connectivity index (χ3v) is 1.62. The smallest absolute Gasteiger partial charge is 0.325 e. The molecule has 1 heterocycles. The second-order valence-electron chi connectivity index (χ2n) is 1.71. The zero-order valence-electron chi connectivity index (χ0n) is 4.99. The Morgan fingerprint density at radius 1 is 1.90 bits per heavy atom. The number of aliphatic carboxylic acids is 1. The Kier molecular flexibility index (Phi) is 2.06. The Labute approximate surface area is 65.6 Å². The van der Waals surface area contributed by atoms with E-state index in [1.54, 1.807) is 6.07 Å². The van der Waals surface area contributed by atoms with Gasteiger partial charge >= 0.3 is 5.97 Å². The van der Waals surface area contributed by atoms with E-state index in [2.05, 4.69) is 21.0 Å². The number of hydrogen-bond donors (Lipinski definition) is 1. The molecule has 0 fully saturated rings. The molecule has 0 spiro atoms. The highest BCUT2D eigenvalue weighted by atomic mass is 79.9. The third kappa shape index (κ3) is 1.57. The number of aromatic nitrogens is 2. The molecule has 1 rings (SSSR count). The highest BCUT2D eigenvalue weighted by molar-refractivity contribution is 9.10. The fourth-order valence-electron chi connectivity index (χ4n) is 0.561. The van der Waals surface area contributed by atoms with Gasteiger partial charge in [0.15, 0.2) is 0 Å². The normalized spacial score (nSPS) is 9.70. The summed E-state index contributed by atoms with van der Waals surface area (Å²) >= 11 is 3.13. The average molecular weight is 205 g/mol. The predicted octanol–water partition coefficient (Wildman–Crippen LogP) is 0.730. The van der Waals surface area contributed by atoms with E-state index < -0.39 is 5.97 Å². The molecular formula is C5H5BrN2O2. The van der Waals surface area contributed by atoms with E-state index in [9.17, 15) is 4.79 Å². The number of hydrogen-bond acceptors (Lipinski definition) is 2. The predicted molar refractivity (Wildman–Crippen MR) is 37.6 cm³/mol. The monoisotopic (exact) mass is 204 g/mol. The first kappa shape index (κ1) is 7.27. The van der Waals surface area contributed by atoms with Gasteiger partial charge in [0.25, 0.3) is 0 Å². The lowest BCUT2D eigenvalue weighted by atomic mass is 10.6. The van der Waals surface area contributed by atoms with Gasteiger partial charge in [-0.25, -0.2) is 4.68 Å². The summed E-state index contributed by atoms with van der Waals surface area (Å²) in [5.74, 6) is -0.899. The zero-order valence-corrected chi connectivity index (χ0v) is 6.58. The molecular weight excluding hydrogens is 200 g/mol. The largest absolute Gasteiger partial charge is 0.480 e. The molecule has 4 nitrogen and oxygen atoms in total. The second kappa shape index (κ2) is 2.83. The summed E-state index contributed by atoms with van der Waals surface area (Å²) in [6.07, 6.45) is 1.53. The van der Waals surface area contributed by atoms with Crippen LogP contribution in [-0.4, -0.2) is 20.9 Å². The summed E-state index contributed by atoms with van der Waals surface area (Å²) in [6.45, 7) is -0.104. The molecule has 5 heteroatoms. The first-order valence-corrected chi connectivity index (χ1v) is 3.38. The highest BCUT2D eigenvalue weighted by Crippen LogP contribution is 2.06. The van der Waals surface area contributed by atoms with Crippen LogP contribution in [-0.2, 0) is 11.3 Å². The van der Waals surface area contributed by atoms with E-state index in [0.29, 0.717) is 4.60 Å². The van der Waals surface area contributed by atoms with Crippen LogP contribution in [0.4, 0.5) is 0 Å². The number of carbonyl (C=O) groups is 1. The summed E-state index contributed by atoms with van der Waals surface area (Å²) in [6, 6.07) is 1.68. The van der Waals surface area contributed by atoms with E-state index in [4.69, 9.17) is 5.11 Å². The molecule has 0 unspecified atom stereocenters. The Bertz CT molecular complexity index is 246. The lowest BCUT2D eigenvalue weighted by Crippen LogP contribution is -2.09. The minimum absolute atomic E-state index is 0.104. The molecule has 0 aromatic carbocycles. The van der Waals surface area contributed by atoms with Crippen LogP contribution in [0.2, 0.25) is 0 Å². The van der Waals surface area contributed by atoms with Crippen molar-refractivity contribution in [3.05, 3.63) is 16.9 Å². The maximum absolute atomic E-state index is 10.1. The third-order valence-electron chi connectivity index (χ3n) is 0.950. The quantitative estimate of drug-likeness (QED) is 0.774. The minimum Gasteiger partial charge on any atom is -0.480 e. The first-order valence-electron chi connectivity index (χ1n) is 2.59. The van der Waals surface area contributed by atoms with Gasteiger partial charge in [0.05, 0.1) is 6.20 Å². The van der Waals surface area contributed by atoms with Crippen molar-refractivity contribution < 1.29 is 9.90 Å². The maximum atomic E-state index is 10.1. The molecule has 0 aliphatic carbocycles. The number of nitrogens with zero attached hydrogens (tertiary/aromatic N) is 2. The van der Waals surface area contributed by atoms with Crippen LogP contribution in [0.5, 0.6) is 0 Å². The molecule has 0 saturated carbocycles. The molecule has 10 heavy (non-hydrogen) atoms. The van der Waals surface area contributed by atoms with Gasteiger partial charge in [-0.3, -0.25) is 4.79 Å². The van der Waals surface area contributed by atoms with Crippen LogP contribution in [0.25, 0.3) is 0 Å². The number of carboxylic acids is 1. The van der Waals surface area contributed by atoms with Crippen LogP contribution < -0.4 is 0 Å². The Hall–Kier alpha value is -0.840. The maximum Gasteiger partial charge on any atom is 0.325 e. The van der Waals surface area contributed by atoms with Crippen molar-refractivity contribution in [2.24, 2.45) is 0 Å². The van der Waals surface area contributed by atoms with Gasteiger partial charge in [0.2, 0.25) is 0 Å². The highest BCUT2D eigenvalue weighted by Gasteiger charge is 2.01. The lowest BCUT2D eigenvalue weighted by molar-refractivity contribution is -0.137. The fraction of sp³-hybridized carbons (Fsp3) is 0.200. The SMILES string of the molecule is O=C(O)Cn1nccc1Br. The van der Waals surface area contributed by atoms with Crippen molar-refractivity contribution in [2.75, 3.05) is 0 Å². The number of rotatable bonds is 2. The van der Waals surface area contributed by atoms with E-state index in [1.807, 2.05) is 0 Å². The van der Waals surface area contributed by atoms with E-state index >= 15 is 0 Å². The zero-order chi connectivity index (χ0) is 7.56. The van der Waals surface area contributed by atoms with Crippen LogP contribution in [0.15, 0.2) is 16.9 Å². The van der Waals surface area contributed by atoms with E-state index in [-0.39, 0.29) is 6.54 Å². The van der Waals surface area contributed by atoms with Crippen molar-refractivity contribution in [2.45, 2.75) is 6.54 Å². The summed E-state index contributed by atoms with van der Waals surface area (Å²) in [4.78, 5) is 10.1. The first-order chi connectivity index (χ1) is 4.70. The molecule has 0 amide bonds. The molecule has 1 aromatic heterocycles. The van der Waals surface area contributed by atoms with Crippen LogP contribution >= 0.6 is 15.9 Å². The Balaban J connectivity index is 2.74. The second-order valence-corrected chi connectivity index (χ2v) is 2.52. The van der Waals surface area contributed by atoms with Gasteiger partial charge in [-0.05, 0) is 22.0 Å². The average Bonchev–Trinajstić information content (AvgIpc) is 2.15. The standard InChI is InChI=1S/C5H5BrN2O2/c6-4-1-2-7-8(4)3-5(9)10/h1-2H,3H2,(H,9,10). The molecule has 1 N–H and O–H groups in total. The summed E-state index contributed by atoms with van der Waals surface area (Å²) < 4.78 is 2.03. The Morgan fingerprint density at radius 3 is 3.00 bits per heavy atom. The molecule has 0 radical (unpaired) electrons. The molecule has 0 saturated heterocycles. The lowest BCUT2D eigenvalue weighted by Gasteiger charge is -1.95. The van der Waals surface area contributed by atoms with Gasteiger partial charge in [-0.1, -0.05) is 0 Å². The van der Waals surface area contributed by atoms with Crippen LogP contribution in [0.1, 0.15) is 0 Å². The van der Waals surface area contributed by atoms with Gasteiger partial charge in [0, 0.05) is 0 Å². The molecule has 0 atom stereocenters. The molecule has 0 aliphatic rings. The van der Waals surface area contributed by atoms with Crippen molar-refractivity contribution in [3.8, 4) is 0 Å². The van der Waals surface area contributed by atoms with E-state index in [1.165, 1.54) is 10.9 Å². The van der Waals surface area contributed by atoms with Gasteiger partial charge in [0.1, 0.15) is 11.1 Å².